The van der Waals surface area contributed by atoms with E-state index in [1.807, 2.05) is 42.5 Å². The molecule has 34 heavy (non-hydrogen) atoms. The Morgan fingerprint density at radius 3 is 2.35 bits per heavy atom. The van der Waals surface area contributed by atoms with Crippen LogP contribution in [0.25, 0.3) is 0 Å². The van der Waals surface area contributed by atoms with E-state index in [9.17, 15) is 13.2 Å². The predicted molar refractivity (Wildman–Crippen MR) is 133 cm³/mol. The summed E-state index contributed by atoms with van der Waals surface area (Å²) in [4.78, 5) is 8.08. The number of nitrogens with zero attached hydrogens (tertiary/aromatic N) is 2. The number of aryl methyl sites for hydroxylation is 1. The van der Waals surface area contributed by atoms with Crippen molar-refractivity contribution in [3.05, 3.63) is 71.4 Å². The maximum Gasteiger partial charge on any atom is 0.421 e. The summed E-state index contributed by atoms with van der Waals surface area (Å²) in [5.41, 5.74) is 2.67. The first-order valence-corrected chi connectivity index (χ1v) is 12.0. The molecule has 1 unspecified atom stereocenters. The van der Waals surface area contributed by atoms with Gasteiger partial charge in [0.25, 0.3) is 0 Å². The normalized spacial score (nSPS) is 12.4. The van der Waals surface area contributed by atoms with Crippen LogP contribution in [-0.4, -0.2) is 9.97 Å². The van der Waals surface area contributed by atoms with E-state index in [1.54, 1.807) is 6.07 Å². The number of aromatic nitrogens is 2. The monoisotopic (exact) mass is 470 g/mol. The van der Waals surface area contributed by atoms with Crippen LogP contribution in [0.4, 0.5) is 36.3 Å². The second kappa shape index (κ2) is 11.9. The van der Waals surface area contributed by atoms with Crippen molar-refractivity contribution in [2.45, 2.75) is 71.4 Å². The molecule has 0 saturated heterocycles. The van der Waals surface area contributed by atoms with Crippen LogP contribution in [-0.2, 0) is 12.6 Å². The SMILES string of the molecule is CCCCCCc1ccc(Nc2ncc(C(F)(F)F)c(Nc3cccc(C(C)CC)c3)n2)cc1. The predicted octanol–water partition coefficient (Wildman–Crippen LogP) is 8.62. The van der Waals surface area contributed by atoms with Crippen molar-refractivity contribution in [2.24, 2.45) is 0 Å². The summed E-state index contributed by atoms with van der Waals surface area (Å²) >= 11 is 0. The molecule has 1 aromatic heterocycles. The van der Waals surface area contributed by atoms with E-state index in [4.69, 9.17) is 0 Å². The van der Waals surface area contributed by atoms with Gasteiger partial charge in [0.2, 0.25) is 5.95 Å². The Bertz CT molecular complexity index is 1050. The molecule has 3 rings (SSSR count). The molecular weight excluding hydrogens is 437 g/mol. The number of hydrogen-bond acceptors (Lipinski definition) is 4. The molecule has 4 nitrogen and oxygen atoms in total. The second-order valence-corrected chi connectivity index (χ2v) is 8.65. The lowest BCUT2D eigenvalue weighted by Gasteiger charge is -2.16. The first kappa shape index (κ1) is 25.5. The number of rotatable bonds is 11. The van der Waals surface area contributed by atoms with Crippen molar-refractivity contribution in [3.63, 3.8) is 0 Å². The molecule has 0 spiro atoms. The molecule has 0 radical (unpaired) electrons. The number of anilines is 4. The summed E-state index contributed by atoms with van der Waals surface area (Å²) in [6, 6.07) is 15.3. The zero-order valence-corrected chi connectivity index (χ0v) is 20.0. The molecule has 7 heteroatoms. The van der Waals surface area contributed by atoms with Crippen LogP contribution in [0.1, 0.15) is 75.5 Å². The standard InChI is InChI=1S/C27H33F3N4/c1-4-6-7-8-10-20-13-15-22(16-14-20)33-26-31-18-24(27(28,29)30)25(34-26)32-23-12-9-11-21(17-23)19(3)5-2/h9,11-19H,4-8,10H2,1-3H3,(H2,31,32,33,34). The van der Waals surface area contributed by atoms with Gasteiger partial charge in [0.15, 0.2) is 0 Å². The fourth-order valence-electron chi connectivity index (χ4n) is 3.68. The van der Waals surface area contributed by atoms with E-state index in [2.05, 4.69) is 41.4 Å². The van der Waals surface area contributed by atoms with E-state index >= 15 is 0 Å². The molecule has 0 aliphatic heterocycles. The highest BCUT2D eigenvalue weighted by Gasteiger charge is 2.35. The lowest BCUT2D eigenvalue weighted by Crippen LogP contribution is -2.12. The van der Waals surface area contributed by atoms with Gasteiger partial charge in [-0.05, 0) is 60.6 Å². The Labute approximate surface area is 200 Å². The van der Waals surface area contributed by atoms with Crippen LogP contribution < -0.4 is 10.6 Å². The minimum atomic E-state index is -4.57. The van der Waals surface area contributed by atoms with Crippen molar-refractivity contribution in [3.8, 4) is 0 Å². The molecule has 3 aromatic rings. The number of unbranched alkanes of at least 4 members (excludes halogenated alkanes) is 3. The number of hydrogen-bond donors (Lipinski definition) is 2. The van der Waals surface area contributed by atoms with Crippen LogP contribution >= 0.6 is 0 Å². The smallest absolute Gasteiger partial charge is 0.340 e. The van der Waals surface area contributed by atoms with Crippen molar-refractivity contribution in [2.75, 3.05) is 10.6 Å². The Kier molecular flexibility index (Phi) is 8.91. The zero-order valence-electron chi connectivity index (χ0n) is 20.0. The van der Waals surface area contributed by atoms with Gasteiger partial charge in [-0.15, -0.1) is 0 Å². The van der Waals surface area contributed by atoms with E-state index in [1.165, 1.54) is 24.8 Å². The summed E-state index contributed by atoms with van der Waals surface area (Å²) in [6.07, 6.45) is 3.01. The third-order valence-corrected chi connectivity index (χ3v) is 5.95. The van der Waals surface area contributed by atoms with E-state index in [-0.39, 0.29) is 11.8 Å². The van der Waals surface area contributed by atoms with Crippen molar-refractivity contribution < 1.29 is 13.2 Å². The molecular formula is C27H33F3N4. The van der Waals surface area contributed by atoms with Gasteiger partial charge in [0.1, 0.15) is 11.4 Å². The van der Waals surface area contributed by atoms with Gasteiger partial charge in [-0.1, -0.05) is 64.3 Å². The minimum absolute atomic E-state index is 0.101. The number of benzene rings is 2. The largest absolute Gasteiger partial charge is 0.421 e. The fourth-order valence-corrected chi connectivity index (χ4v) is 3.68. The van der Waals surface area contributed by atoms with Gasteiger partial charge in [-0.2, -0.15) is 18.2 Å². The summed E-state index contributed by atoms with van der Waals surface area (Å²) in [6.45, 7) is 6.35. The summed E-state index contributed by atoms with van der Waals surface area (Å²) < 4.78 is 40.9. The highest BCUT2D eigenvalue weighted by Crippen LogP contribution is 2.35. The van der Waals surface area contributed by atoms with Crippen LogP contribution in [0.15, 0.2) is 54.7 Å². The van der Waals surface area contributed by atoms with Crippen LogP contribution in [0.3, 0.4) is 0 Å². The molecule has 1 atom stereocenters. The molecule has 0 bridgehead atoms. The fraction of sp³-hybridized carbons (Fsp3) is 0.407. The van der Waals surface area contributed by atoms with Crippen molar-refractivity contribution in [1.82, 2.24) is 9.97 Å². The van der Waals surface area contributed by atoms with Gasteiger partial charge >= 0.3 is 6.18 Å². The topological polar surface area (TPSA) is 49.8 Å². The molecule has 2 N–H and O–H groups in total. The lowest BCUT2D eigenvalue weighted by molar-refractivity contribution is -0.137. The van der Waals surface area contributed by atoms with Gasteiger partial charge in [0, 0.05) is 17.6 Å². The Morgan fingerprint density at radius 1 is 0.912 bits per heavy atom. The number of alkyl halides is 3. The molecule has 1 heterocycles. The average molecular weight is 471 g/mol. The molecule has 182 valence electrons. The van der Waals surface area contributed by atoms with E-state index < -0.39 is 11.7 Å². The number of nitrogens with one attached hydrogen (secondary N) is 2. The highest BCUT2D eigenvalue weighted by atomic mass is 19.4. The molecule has 0 aliphatic rings. The Morgan fingerprint density at radius 2 is 1.68 bits per heavy atom. The van der Waals surface area contributed by atoms with Gasteiger partial charge in [0.05, 0.1) is 0 Å². The number of halogens is 3. The average Bonchev–Trinajstić information content (AvgIpc) is 2.82. The third kappa shape index (κ3) is 7.20. The molecule has 0 fully saturated rings. The maximum absolute atomic E-state index is 13.6. The molecule has 2 aromatic carbocycles. The first-order chi connectivity index (χ1) is 16.3. The van der Waals surface area contributed by atoms with E-state index in [0.717, 1.165) is 36.7 Å². The minimum Gasteiger partial charge on any atom is -0.340 e. The highest BCUT2D eigenvalue weighted by molar-refractivity contribution is 5.63. The lowest BCUT2D eigenvalue weighted by atomic mass is 9.98. The van der Waals surface area contributed by atoms with Crippen LogP contribution in [0.2, 0.25) is 0 Å². The molecule has 0 aliphatic carbocycles. The second-order valence-electron chi connectivity index (χ2n) is 8.65. The maximum atomic E-state index is 13.6. The van der Waals surface area contributed by atoms with Gasteiger partial charge in [-0.25, -0.2) is 4.98 Å². The van der Waals surface area contributed by atoms with Crippen molar-refractivity contribution in [1.29, 1.82) is 0 Å². The van der Waals surface area contributed by atoms with E-state index in [0.29, 0.717) is 11.6 Å². The van der Waals surface area contributed by atoms with Gasteiger partial charge in [-0.3, -0.25) is 0 Å². The van der Waals surface area contributed by atoms with Gasteiger partial charge < -0.3 is 10.6 Å². The summed E-state index contributed by atoms with van der Waals surface area (Å²) in [7, 11) is 0. The van der Waals surface area contributed by atoms with Crippen molar-refractivity contribution >= 4 is 23.1 Å². The quantitative estimate of drug-likeness (QED) is 0.275. The zero-order chi connectivity index (χ0) is 24.6. The summed E-state index contributed by atoms with van der Waals surface area (Å²) in [5.74, 6) is 0.129. The Balaban J connectivity index is 1.78. The van der Waals surface area contributed by atoms with Crippen LogP contribution in [0, 0.1) is 0 Å². The first-order valence-electron chi connectivity index (χ1n) is 12.0. The summed E-state index contributed by atoms with van der Waals surface area (Å²) in [5, 5.41) is 5.88. The Hall–Kier alpha value is -3.09. The van der Waals surface area contributed by atoms with Crippen LogP contribution in [0.5, 0.6) is 0 Å². The molecule has 0 amide bonds. The third-order valence-electron chi connectivity index (χ3n) is 5.95. The molecule has 0 saturated carbocycles.